The molecule has 2 heterocycles. The Hall–Kier alpha value is -1.28. The third-order valence-corrected chi connectivity index (χ3v) is 4.96. The number of hydrogen-bond donors (Lipinski definition) is 2. The van der Waals surface area contributed by atoms with Gasteiger partial charge >= 0.3 is 0 Å². The molecule has 1 aliphatic rings. The highest BCUT2D eigenvalue weighted by Gasteiger charge is 2.21. The van der Waals surface area contributed by atoms with Crippen LogP contribution in [0.3, 0.4) is 0 Å². The molecule has 25 heavy (non-hydrogen) atoms. The van der Waals surface area contributed by atoms with Gasteiger partial charge in [0.25, 0.3) is 0 Å². The fourth-order valence-corrected chi connectivity index (χ4v) is 3.39. The third kappa shape index (κ3) is 4.88. The summed E-state index contributed by atoms with van der Waals surface area (Å²) in [6.45, 7) is 9.50. The predicted octanol–water partition coefficient (Wildman–Crippen LogP) is 3.37. The Labute approximate surface area is 167 Å². The van der Waals surface area contributed by atoms with Crippen LogP contribution >= 0.6 is 24.0 Å². The van der Waals surface area contributed by atoms with Gasteiger partial charge in [-0.2, -0.15) is 0 Å². The van der Waals surface area contributed by atoms with Crippen molar-refractivity contribution in [3.8, 4) is 0 Å². The number of rotatable bonds is 5. The van der Waals surface area contributed by atoms with Crippen molar-refractivity contribution in [3.05, 3.63) is 35.6 Å². The monoisotopic (exact) mass is 456 g/mol. The second-order valence-corrected chi connectivity index (χ2v) is 6.50. The quantitative estimate of drug-likeness (QED) is 0.412. The summed E-state index contributed by atoms with van der Waals surface area (Å²) < 4.78 is 5.95. The van der Waals surface area contributed by atoms with E-state index in [4.69, 9.17) is 4.42 Å². The lowest BCUT2D eigenvalue weighted by Crippen LogP contribution is -2.40. The standard InChI is InChI=1S/C19H28N4O.HI/c1-4-23-10-9-15(13-23)11-21-19(20-3)22-12-18-14(2)16-7-5-6-8-17(16)24-18;/h5-8,15H,4,9-13H2,1-3H3,(H2,20,21,22);1H. The van der Waals surface area contributed by atoms with Crippen LogP contribution in [0.25, 0.3) is 11.0 Å². The Kier molecular flexibility index (Phi) is 7.56. The van der Waals surface area contributed by atoms with Crippen molar-refractivity contribution in [2.24, 2.45) is 10.9 Å². The summed E-state index contributed by atoms with van der Waals surface area (Å²) in [6, 6.07) is 8.16. The van der Waals surface area contributed by atoms with Gasteiger partial charge in [0.05, 0.1) is 6.54 Å². The summed E-state index contributed by atoms with van der Waals surface area (Å²) in [5, 5.41) is 8.00. The number of furan rings is 1. The van der Waals surface area contributed by atoms with Crippen molar-refractivity contribution >= 4 is 40.9 Å². The number of hydrogen-bond acceptors (Lipinski definition) is 3. The fraction of sp³-hybridized carbons (Fsp3) is 0.526. The van der Waals surface area contributed by atoms with Gasteiger partial charge in [-0.15, -0.1) is 24.0 Å². The molecule has 138 valence electrons. The van der Waals surface area contributed by atoms with E-state index in [9.17, 15) is 0 Å². The molecule has 2 aromatic rings. The number of nitrogens with one attached hydrogen (secondary N) is 2. The number of benzene rings is 1. The molecule has 5 nitrogen and oxygen atoms in total. The van der Waals surface area contributed by atoms with Crippen LogP contribution in [0.5, 0.6) is 0 Å². The molecular weight excluding hydrogens is 427 g/mol. The second kappa shape index (κ2) is 9.43. The maximum atomic E-state index is 5.95. The lowest BCUT2D eigenvalue weighted by molar-refractivity contribution is 0.341. The van der Waals surface area contributed by atoms with Crippen molar-refractivity contribution < 1.29 is 4.42 Å². The lowest BCUT2D eigenvalue weighted by atomic mass is 10.1. The van der Waals surface area contributed by atoms with Crippen LogP contribution in [0.2, 0.25) is 0 Å². The van der Waals surface area contributed by atoms with Crippen LogP contribution in [0.15, 0.2) is 33.7 Å². The van der Waals surface area contributed by atoms with E-state index >= 15 is 0 Å². The molecule has 1 atom stereocenters. The lowest BCUT2D eigenvalue weighted by Gasteiger charge is -2.16. The summed E-state index contributed by atoms with van der Waals surface area (Å²) >= 11 is 0. The van der Waals surface area contributed by atoms with Crippen LogP contribution in [0.1, 0.15) is 24.7 Å². The van der Waals surface area contributed by atoms with E-state index in [1.807, 2.05) is 25.2 Å². The average molecular weight is 456 g/mol. The summed E-state index contributed by atoms with van der Waals surface area (Å²) in [5.41, 5.74) is 2.14. The number of guanidine groups is 1. The van der Waals surface area contributed by atoms with E-state index in [0.29, 0.717) is 12.5 Å². The van der Waals surface area contributed by atoms with Crippen LogP contribution in [-0.4, -0.2) is 44.1 Å². The van der Waals surface area contributed by atoms with Gasteiger partial charge in [-0.3, -0.25) is 4.99 Å². The van der Waals surface area contributed by atoms with Gasteiger partial charge in [-0.1, -0.05) is 25.1 Å². The molecule has 1 unspecified atom stereocenters. The van der Waals surface area contributed by atoms with E-state index in [0.717, 1.165) is 30.4 Å². The van der Waals surface area contributed by atoms with Gasteiger partial charge < -0.3 is 20.0 Å². The molecule has 0 bridgehead atoms. The highest BCUT2D eigenvalue weighted by atomic mass is 127. The molecular formula is C19H29IN4O. The average Bonchev–Trinajstić information content (AvgIpc) is 3.20. The number of fused-ring (bicyclic) bond motifs is 1. The number of aliphatic imine (C=N–C) groups is 1. The zero-order valence-electron chi connectivity index (χ0n) is 15.3. The SMILES string of the molecule is CCN1CCC(CNC(=NC)NCc2oc3ccccc3c2C)C1.I. The predicted molar refractivity (Wildman–Crippen MR) is 115 cm³/mol. The molecule has 0 spiro atoms. The number of likely N-dealkylation sites (tertiary alicyclic amines) is 1. The number of aryl methyl sites for hydroxylation is 1. The maximum absolute atomic E-state index is 5.95. The first-order valence-electron chi connectivity index (χ1n) is 8.85. The molecule has 6 heteroatoms. The van der Waals surface area contributed by atoms with Gasteiger partial charge in [0.2, 0.25) is 0 Å². The first-order chi connectivity index (χ1) is 11.7. The van der Waals surface area contributed by atoms with E-state index in [2.05, 4.69) is 40.4 Å². The minimum Gasteiger partial charge on any atom is -0.459 e. The van der Waals surface area contributed by atoms with Crippen molar-refractivity contribution in [1.82, 2.24) is 15.5 Å². The fourth-order valence-electron chi connectivity index (χ4n) is 3.39. The van der Waals surface area contributed by atoms with Crippen LogP contribution in [-0.2, 0) is 6.54 Å². The van der Waals surface area contributed by atoms with Crippen LogP contribution in [0.4, 0.5) is 0 Å². The molecule has 1 fully saturated rings. The minimum absolute atomic E-state index is 0. The van der Waals surface area contributed by atoms with Gasteiger partial charge in [-0.25, -0.2) is 0 Å². The zero-order chi connectivity index (χ0) is 16.9. The molecule has 3 rings (SSSR count). The number of para-hydroxylation sites is 1. The molecule has 1 aromatic carbocycles. The molecule has 0 saturated carbocycles. The molecule has 0 aliphatic carbocycles. The van der Waals surface area contributed by atoms with Crippen LogP contribution < -0.4 is 10.6 Å². The maximum Gasteiger partial charge on any atom is 0.191 e. The largest absolute Gasteiger partial charge is 0.459 e. The van der Waals surface area contributed by atoms with Gasteiger partial charge in [-0.05, 0) is 38.4 Å². The van der Waals surface area contributed by atoms with Crippen molar-refractivity contribution in [2.75, 3.05) is 33.2 Å². The second-order valence-electron chi connectivity index (χ2n) is 6.50. The normalized spacial score (nSPS) is 18.4. The third-order valence-electron chi connectivity index (χ3n) is 4.96. The summed E-state index contributed by atoms with van der Waals surface area (Å²) in [6.07, 6.45) is 1.26. The summed E-state index contributed by atoms with van der Waals surface area (Å²) in [7, 11) is 1.81. The van der Waals surface area contributed by atoms with Crippen molar-refractivity contribution in [3.63, 3.8) is 0 Å². The number of nitrogens with zero attached hydrogens (tertiary/aromatic N) is 2. The first kappa shape index (κ1) is 20.0. The molecule has 0 radical (unpaired) electrons. The van der Waals surface area contributed by atoms with E-state index in [1.54, 1.807) is 0 Å². The van der Waals surface area contributed by atoms with Gasteiger partial charge in [0.15, 0.2) is 5.96 Å². The minimum atomic E-state index is 0. The molecule has 0 amide bonds. The zero-order valence-corrected chi connectivity index (χ0v) is 17.7. The Morgan fingerprint density at radius 1 is 1.32 bits per heavy atom. The molecule has 2 N–H and O–H groups in total. The Balaban J connectivity index is 0.00000225. The highest BCUT2D eigenvalue weighted by molar-refractivity contribution is 14.0. The molecule has 1 saturated heterocycles. The van der Waals surface area contributed by atoms with Gasteiger partial charge in [0, 0.05) is 31.1 Å². The van der Waals surface area contributed by atoms with Crippen LogP contribution in [0, 0.1) is 12.8 Å². The van der Waals surface area contributed by atoms with Crippen molar-refractivity contribution in [2.45, 2.75) is 26.8 Å². The van der Waals surface area contributed by atoms with E-state index < -0.39 is 0 Å². The summed E-state index contributed by atoms with van der Waals surface area (Å²) in [4.78, 5) is 6.83. The Morgan fingerprint density at radius 2 is 2.12 bits per heavy atom. The smallest absolute Gasteiger partial charge is 0.191 e. The molecule has 1 aliphatic heterocycles. The number of halogens is 1. The first-order valence-corrected chi connectivity index (χ1v) is 8.85. The summed E-state index contributed by atoms with van der Waals surface area (Å²) in [5.74, 6) is 2.51. The van der Waals surface area contributed by atoms with Gasteiger partial charge in [0.1, 0.15) is 11.3 Å². The Morgan fingerprint density at radius 3 is 2.80 bits per heavy atom. The molecule has 1 aromatic heterocycles. The highest BCUT2D eigenvalue weighted by Crippen LogP contribution is 2.24. The van der Waals surface area contributed by atoms with E-state index in [1.165, 1.54) is 30.5 Å². The Bertz CT molecular complexity index is 713. The van der Waals surface area contributed by atoms with Crippen molar-refractivity contribution in [1.29, 1.82) is 0 Å². The van der Waals surface area contributed by atoms with E-state index in [-0.39, 0.29) is 24.0 Å². The topological polar surface area (TPSA) is 52.8 Å².